The molecule has 4 nitrogen and oxygen atoms in total. The van der Waals surface area contributed by atoms with E-state index in [0.29, 0.717) is 5.92 Å². The summed E-state index contributed by atoms with van der Waals surface area (Å²) in [6.07, 6.45) is 4.77. The van der Waals surface area contributed by atoms with E-state index in [-0.39, 0.29) is 5.69 Å². The normalized spacial score (nSPS) is 12.9. The molecule has 4 heteroatoms. The Morgan fingerprint density at radius 3 is 2.62 bits per heavy atom. The van der Waals surface area contributed by atoms with E-state index < -0.39 is 0 Å². The Kier molecular flexibility index (Phi) is 5.32. The summed E-state index contributed by atoms with van der Waals surface area (Å²) in [5, 5.41) is 3.30. The molecule has 1 rings (SSSR count). The van der Waals surface area contributed by atoms with Crippen LogP contribution in [0.4, 0.5) is 0 Å². The van der Waals surface area contributed by atoms with E-state index in [1.807, 2.05) is 12.4 Å². The Morgan fingerprint density at radius 1 is 1.31 bits per heavy atom. The third-order valence-corrected chi connectivity index (χ3v) is 2.63. The molecule has 0 radical (unpaired) electrons. The fourth-order valence-corrected chi connectivity index (χ4v) is 1.79. The van der Waals surface area contributed by atoms with Gasteiger partial charge in [-0.25, -0.2) is 4.79 Å². The zero-order valence-corrected chi connectivity index (χ0v) is 10.6. The van der Waals surface area contributed by atoms with Crippen molar-refractivity contribution in [1.82, 2.24) is 14.5 Å². The molecular formula is C12H23N3O. The number of aryl methyl sites for hydroxylation is 1. The van der Waals surface area contributed by atoms with Gasteiger partial charge in [0.15, 0.2) is 0 Å². The molecule has 0 aliphatic carbocycles. The first-order chi connectivity index (χ1) is 7.69. The van der Waals surface area contributed by atoms with E-state index in [9.17, 15) is 4.79 Å². The van der Waals surface area contributed by atoms with Crippen LogP contribution in [0.3, 0.4) is 0 Å². The number of hydrogen-bond acceptors (Lipinski definition) is 2. The second kappa shape index (κ2) is 6.53. The van der Waals surface area contributed by atoms with Gasteiger partial charge in [-0.15, -0.1) is 0 Å². The van der Waals surface area contributed by atoms with Gasteiger partial charge in [-0.2, -0.15) is 0 Å². The number of aromatic nitrogens is 2. The summed E-state index contributed by atoms with van der Waals surface area (Å²) in [6.45, 7) is 9.88. The van der Waals surface area contributed by atoms with Crippen LogP contribution < -0.4 is 11.0 Å². The second-order valence-electron chi connectivity index (χ2n) is 4.34. The molecule has 0 fully saturated rings. The highest BCUT2D eigenvalue weighted by molar-refractivity contribution is 4.82. The van der Waals surface area contributed by atoms with E-state index in [1.54, 1.807) is 9.13 Å². The Hall–Kier alpha value is -1.03. The second-order valence-corrected chi connectivity index (χ2v) is 4.34. The van der Waals surface area contributed by atoms with Crippen molar-refractivity contribution in [2.75, 3.05) is 13.1 Å². The summed E-state index contributed by atoms with van der Waals surface area (Å²) in [6, 6.07) is 0. The fourth-order valence-electron chi connectivity index (χ4n) is 1.79. The highest BCUT2D eigenvalue weighted by atomic mass is 16.1. The molecule has 0 aliphatic rings. The lowest BCUT2D eigenvalue weighted by molar-refractivity contribution is 0.439. The van der Waals surface area contributed by atoms with Crippen LogP contribution in [0.5, 0.6) is 0 Å². The lowest BCUT2D eigenvalue weighted by Crippen LogP contribution is -2.29. The number of rotatable bonds is 7. The van der Waals surface area contributed by atoms with Crippen LogP contribution >= 0.6 is 0 Å². The standard InChI is InChI=1S/C12H23N3O/c1-4-6-14-7-8-15(12(14)16)10-11(3)9-13-5-2/h7-8,11,13H,4-6,9-10H2,1-3H3. The zero-order chi connectivity index (χ0) is 12.0. The molecule has 0 aromatic carbocycles. The molecule has 0 saturated heterocycles. The molecule has 0 spiro atoms. The van der Waals surface area contributed by atoms with E-state index in [0.717, 1.165) is 32.6 Å². The topological polar surface area (TPSA) is 39.0 Å². The summed E-state index contributed by atoms with van der Waals surface area (Å²) >= 11 is 0. The van der Waals surface area contributed by atoms with Gasteiger partial charge in [0, 0.05) is 25.5 Å². The van der Waals surface area contributed by atoms with Gasteiger partial charge in [0.05, 0.1) is 0 Å². The van der Waals surface area contributed by atoms with Crippen molar-refractivity contribution in [3.63, 3.8) is 0 Å². The minimum absolute atomic E-state index is 0.116. The van der Waals surface area contributed by atoms with Crippen molar-refractivity contribution in [2.45, 2.75) is 40.3 Å². The average molecular weight is 225 g/mol. The Bertz CT molecular complexity index is 353. The Balaban J connectivity index is 2.57. The van der Waals surface area contributed by atoms with Crippen LogP contribution in [0.1, 0.15) is 27.2 Å². The maximum atomic E-state index is 11.9. The summed E-state index contributed by atoms with van der Waals surface area (Å²) in [4.78, 5) is 11.9. The molecule has 0 saturated carbocycles. The first kappa shape index (κ1) is 13.0. The molecule has 0 amide bonds. The SMILES string of the molecule is CCCn1ccn(CC(C)CNCC)c1=O. The third kappa shape index (κ3) is 3.52. The van der Waals surface area contributed by atoms with Gasteiger partial charge in [0.25, 0.3) is 0 Å². The summed E-state index contributed by atoms with van der Waals surface area (Å²) in [5.41, 5.74) is 0.116. The lowest BCUT2D eigenvalue weighted by Gasteiger charge is -2.11. The monoisotopic (exact) mass is 225 g/mol. The molecule has 1 N–H and O–H groups in total. The van der Waals surface area contributed by atoms with Crippen molar-refractivity contribution in [1.29, 1.82) is 0 Å². The first-order valence-electron chi connectivity index (χ1n) is 6.15. The fraction of sp³-hybridized carbons (Fsp3) is 0.750. The summed E-state index contributed by atoms with van der Waals surface area (Å²) in [7, 11) is 0. The van der Waals surface area contributed by atoms with E-state index in [1.165, 1.54) is 0 Å². The van der Waals surface area contributed by atoms with E-state index in [4.69, 9.17) is 0 Å². The van der Waals surface area contributed by atoms with Gasteiger partial charge in [-0.1, -0.05) is 20.8 Å². The quantitative estimate of drug-likeness (QED) is 0.760. The van der Waals surface area contributed by atoms with Crippen LogP contribution in [-0.4, -0.2) is 22.2 Å². The predicted molar refractivity (Wildman–Crippen MR) is 66.7 cm³/mol. The molecule has 92 valence electrons. The van der Waals surface area contributed by atoms with Crippen LogP contribution in [-0.2, 0) is 13.1 Å². The van der Waals surface area contributed by atoms with Crippen molar-refractivity contribution >= 4 is 0 Å². The number of nitrogens with zero attached hydrogens (tertiary/aromatic N) is 2. The molecule has 1 heterocycles. The first-order valence-corrected chi connectivity index (χ1v) is 6.15. The van der Waals surface area contributed by atoms with Crippen LogP contribution in [0, 0.1) is 5.92 Å². The van der Waals surface area contributed by atoms with Crippen LogP contribution in [0.25, 0.3) is 0 Å². The molecular weight excluding hydrogens is 202 g/mol. The zero-order valence-electron chi connectivity index (χ0n) is 10.6. The van der Waals surface area contributed by atoms with Crippen molar-refractivity contribution in [3.8, 4) is 0 Å². The molecule has 0 bridgehead atoms. The maximum Gasteiger partial charge on any atom is 0.328 e. The summed E-state index contributed by atoms with van der Waals surface area (Å²) < 4.78 is 3.58. The van der Waals surface area contributed by atoms with Gasteiger partial charge < -0.3 is 5.32 Å². The average Bonchev–Trinajstić information content (AvgIpc) is 2.59. The van der Waals surface area contributed by atoms with Gasteiger partial charge in [-0.05, 0) is 25.4 Å². The minimum atomic E-state index is 0.116. The molecule has 16 heavy (non-hydrogen) atoms. The molecule has 1 unspecified atom stereocenters. The van der Waals surface area contributed by atoms with E-state index in [2.05, 4.69) is 26.1 Å². The molecule has 1 aromatic rings. The van der Waals surface area contributed by atoms with E-state index >= 15 is 0 Å². The van der Waals surface area contributed by atoms with Crippen molar-refractivity contribution in [2.24, 2.45) is 5.92 Å². The van der Waals surface area contributed by atoms with Gasteiger partial charge in [0.1, 0.15) is 0 Å². The lowest BCUT2D eigenvalue weighted by atomic mass is 10.2. The maximum absolute atomic E-state index is 11.9. The van der Waals surface area contributed by atoms with Crippen LogP contribution in [0.2, 0.25) is 0 Å². The predicted octanol–water partition coefficient (Wildman–Crippen LogP) is 1.31. The van der Waals surface area contributed by atoms with Gasteiger partial charge in [0.2, 0.25) is 0 Å². The van der Waals surface area contributed by atoms with Gasteiger partial charge in [-0.3, -0.25) is 9.13 Å². The van der Waals surface area contributed by atoms with Crippen LogP contribution in [0.15, 0.2) is 17.2 Å². The smallest absolute Gasteiger partial charge is 0.317 e. The van der Waals surface area contributed by atoms with Crippen molar-refractivity contribution in [3.05, 3.63) is 22.9 Å². The number of nitrogens with one attached hydrogen (secondary N) is 1. The largest absolute Gasteiger partial charge is 0.328 e. The highest BCUT2D eigenvalue weighted by Crippen LogP contribution is 1.97. The highest BCUT2D eigenvalue weighted by Gasteiger charge is 2.06. The molecule has 0 aliphatic heterocycles. The van der Waals surface area contributed by atoms with Crippen molar-refractivity contribution < 1.29 is 0 Å². The number of hydrogen-bond donors (Lipinski definition) is 1. The third-order valence-electron chi connectivity index (χ3n) is 2.63. The number of imidazole rings is 1. The summed E-state index contributed by atoms with van der Waals surface area (Å²) in [5.74, 6) is 0.482. The van der Waals surface area contributed by atoms with Gasteiger partial charge >= 0.3 is 5.69 Å². The molecule has 1 aromatic heterocycles. The Morgan fingerprint density at radius 2 is 2.00 bits per heavy atom. The minimum Gasteiger partial charge on any atom is -0.317 e. The molecule has 1 atom stereocenters. The Labute approximate surface area is 97.3 Å².